The largest absolute Gasteiger partial charge is 0.311 e. The molecule has 1 nitrogen and oxygen atoms in total. The normalized spacial score (nSPS) is 20.4. The van der Waals surface area contributed by atoms with Gasteiger partial charge in [0.05, 0.1) is 0 Å². The Kier molecular flexibility index (Phi) is 3.94. The van der Waals surface area contributed by atoms with Crippen LogP contribution in [0.2, 0.25) is 0 Å². The smallest absolute Gasteiger partial charge is 0.0172 e. The highest BCUT2D eigenvalue weighted by atomic mass is 32.1. The van der Waals surface area contributed by atoms with E-state index in [1.165, 1.54) is 32.1 Å². The second kappa shape index (κ2) is 5.11. The molecule has 1 aromatic heterocycles. The van der Waals surface area contributed by atoms with E-state index in [9.17, 15) is 0 Å². The molecule has 0 radical (unpaired) electrons. The van der Waals surface area contributed by atoms with Crippen molar-refractivity contribution in [3.05, 3.63) is 22.4 Å². The zero-order chi connectivity index (χ0) is 12.4. The number of nitrogens with one attached hydrogen (secondary N) is 1. The third-order valence-electron chi connectivity index (χ3n) is 3.81. The minimum absolute atomic E-state index is 0.224. The van der Waals surface area contributed by atoms with Crippen LogP contribution in [0.4, 0.5) is 0 Å². The summed E-state index contributed by atoms with van der Waals surface area (Å²) in [5, 5.41) is 5.95. The van der Waals surface area contributed by atoms with Crippen LogP contribution in [0.1, 0.15) is 57.8 Å². The predicted octanol–water partition coefficient (Wildman–Crippen LogP) is 4.34. The molecule has 1 saturated carbocycles. The number of thiophene rings is 1. The molecule has 17 heavy (non-hydrogen) atoms. The van der Waals surface area contributed by atoms with Crippen molar-refractivity contribution >= 4 is 11.3 Å². The Morgan fingerprint density at radius 2 is 1.94 bits per heavy atom. The Labute approximate surface area is 110 Å². The van der Waals surface area contributed by atoms with Crippen LogP contribution in [0.3, 0.4) is 0 Å². The summed E-state index contributed by atoms with van der Waals surface area (Å²) in [5.41, 5.74) is 0.640. The first-order chi connectivity index (χ1) is 8.02. The van der Waals surface area contributed by atoms with Crippen molar-refractivity contribution in [2.75, 3.05) is 6.54 Å². The van der Waals surface area contributed by atoms with Gasteiger partial charge in [-0.15, -0.1) is 11.3 Å². The third kappa shape index (κ3) is 3.32. The average Bonchev–Trinajstić information content (AvgIpc) is 2.81. The molecule has 1 fully saturated rings. The Balaban J connectivity index is 2.13. The van der Waals surface area contributed by atoms with Gasteiger partial charge < -0.3 is 5.32 Å². The number of hydrogen-bond donors (Lipinski definition) is 1. The average molecular weight is 251 g/mol. The summed E-state index contributed by atoms with van der Waals surface area (Å²) in [7, 11) is 0. The minimum Gasteiger partial charge on any atom is -0.311 e. The first-order valence-corrected chi connectivity index (χ1v) is 7.69. The topological polar surface area (TPSA) is 12.0 Å². The van der Waals surface area contributed by atoms with Crippen LogP contribution < -0.4 is 5.32 Å². The second-order valence-electron chi connectivity index (χ2n) is 6.42. The van der Waals surface area contributed by atoms with Crippen LogP contribution >= 0.6 is 11.3 Å². The van der Waals surface area contributed by atoms with E-state index in [0.29, 0.717) is 5.41 Å². The molecule has 1 N–H and O–H groups in total. The molecule has 96 valence electrons. The van der Waals surface area contributed by atoms with Gasteiger partial charge in [0, 0.05) is 22.4 Å². The third-order valence-corrected chi connectivity index (χ3v) is 4.93. The monoisotopic (exact) mass is 251 g/mol. The molecule has 0 atom stereocenters. The fourth-order valence-corrected chi connectivity index (χ4v) is 3.74. The molecule has 0 spiro atoms. The van der Waals surface area contributed by atoms with E-state index in [1.54, 1.807) is 4.88 Å². The van der Waals surface area contributed by atoms with Crippen molar-refractivity contribution in [3.63, 3.8) is 0 Å². The van der Waals surface area contributed by atoms with Crippen LogP contribution in [0.25, 0.3) is 0 Å². The lowest BCUT2D eigenvalue weighted by atomic mass is 9.72. The fourth-order valence-electron chi connectivity index (χ4n) is 2.75. The first kappa shape index (κ1) is 13.1. The standard InChI is InChI=1S/C15H25NS/c1-14(2,3)16-12-15(9-5-4-6-10-15)13-8-7-11-17-13/h7-8,11,16H,4-6,9-10,12H2,1-3H3. The van der Waals surface area contributed by atoms with Gasteiger partial charge >= 0.3 is 0 Å². The van der Waals surface area contributed by atoms with Crippen molar-refractivity contribution in [3.8, 4) is 0 Å². The van der Waals surface area contributed by atoms with E-state index in [2.05, 4.69) is 43.6 Å². The van der Waals surface area contributed by atoms with Gasteiger partial charge in [-0.3, -0.25) is 0 Å². The SMILES string of the molecule is CC(C)(C)NCC1(c2cccs2)CCCCC1. The minimum atomic E-state index is 0.224. The van der Waals surface area contributed by atoms with E-state index in [1.807, 2.05) is 11.3 Å². The van der Waals surface area contributed by atoms with Crippen molar-refractivity contribution in [2.24, 2.45) is 0 Å². The number of hydrogen-bond acceptors (Lipinski definition) is 2. The Morgan fingerprint density at radius 3 is 2.47 bits per heavy atom. The Morgan fingerprint density at radius 1 is 1.24 bits per heavy atom. The zero-order valence-electron chi connectivity index (χ0n) is 11.4. The summed E-state index contributed by atoms with van der Waals surface area (Å²) >= 11 is 1.94. The van der Waals surface area contributed by atoms with Gasteiger partial charge in [0.15, 0.2) is 0 Å². The van der Waals surface area contributed by atoms with Crippen LogP contribution in [-0.4, -0.2) is 12.1 Å². The summed E-state index contributed by atoms with van der Waals surface area (Å²) in [6, 6.07) is 4.54. The maximum Gasteiger partial charge on any atom is 0.0172 e. The number of rotatable bonds is 3. The van der Waals surface area contributed by atoms with Gasteiger partial charge in [0.25, 0.3) is 0 Å². The second-order valence-corrected chi connectivity index (χ2v) is 7.37. The molecule has 0 amide bonds. The van der Waals surface area contributed by atoms with E-state index in [4.69, 9.17) is 0 Å². The first-order valence-electron chi connectivity index (χ1n) is 6.81. The molecular weight excluding hydrogens is 226 g/mol. The van der Waals surface area contributed by atoms with Gasteiger partial charge in [-0.2, -0.15) is 0 Å². The molecule has 0 bridgehead atoms. The van der Waals surface area contributed by atoms with Crippen molar-refractivity contribution in [1.29, 1.82) is 0 Å². The summed E-state index contributed by atoms with van der Waals surface area (Å²) in [6.07, 6.45) is 6.92. The summed E-state index contributed by atoms with van der Waals surface area (Å²) < 4.78 is 0. The van der Waals surface area contributed by atoms with Crippen LogP contribution in [0, 0.1) is 0 Å². The summed E-state index contributed by atoms with van der Waals surface area (Å²) in [4.78, 5) is 1.59. The molecule has 1 heterocycles. The van der Waals surface area contributed by atoms with E-state index in [-0.39, 0.29) is 5.54 Å². The molecule has 0 aliphatic heterocycles. The molecule has 1 aliphatic rings. The summed E-state index contributed by atoms with van der Waals surface area (Å²) in [5.74, 6) is 0. The molecule has 1 aromatic rings. The van der Waals surface area contributed by atoms with Crippen LogP contribution in [0.15, 0.2) is 17.5 Å². The molecule has 1 aliphatic carbocycles. The van der Waals surface area contributed by atoms with Gasteiger partial charge in [-0.05, 0) is 45.1 Å². The lowest BCUT2D eigenvalue weighted by Gasteiger charge is -2.39. The van der Waals surface area contributed by atoms with Crippen molar-refractivity contribution < 1.29 is 0 Å². The lowest BCUT2D eigenvalue weighted by Crippen LogP contribution is -2.46. The molecular formula is C15H25NS. The lowest BCUT2D eigenvalue weighted by molar-refractivity contribution is 0.258. The van der Waals surface area contributed by atoms with Gasteiger partial charge in [0.2, 0.25) is 0 Å². The van der Waals surface area contributed by atoms with Gasteiger partial charge in [-0.25, -0.2) is 0 Å². The fraction of sp³-hybridized carbons (Fsp3) is 0.733. The predicted molar refractivity (Wildman–Crippen MR) is 76.8 cm³/mol. The van der Waals surface area contributed by atoms with Gasteiger partial charge in [0.1, 0.15) is 0 Å². The molecule has 2 heteroatoms. The Hall–Kier alpha value is -0.340. The van der Waals surface area contributed by atoms with E-state index in [0.717, 1.165) is 6.54 Å². The summed E-state index contributed by atoms with van der Waals surface area (Å²) in [6.45, 7) is 7.92. The van der Waals surface area contributed by atoms with Crippen LogP contribution in [0.5, 0.6) is 0 Å². The zero-order valence-corrected chi connectivity index (χ0v) is 12.2. The van der Waals surface area contributed by atoms with Crippen molar-refractivity contribution in [2.45, 2.75) is 63.8 Å². The highest BCUT2D eigenvalue weighted by Crippen LogP contribution is 2.41. The van der Waals surface area contributed by atoms with E-state index >= 15 is 0 Å². The van der Waals surface area contributed by atoms with Crippen LogP contribution in [-0.2, 0) is 5.41 Å². The van der Waals surface area contributed by atoms with Crippen molar-refractivity contribution in [1.82, 2.24) is 5.32 Å². The highest BCUT2D eigenvalue weighted by Gasteiger charge is 2.35. The van der Waals surface area contributed by atoms with Gasteiger partial charge in [-0.1, -0.05) is 25.3 Å². The quantitative estimate of drug-likeness (QED) is 0.842. The molecule has 2 rings (SSSR count). The Bertz CT molecular complexity index is 328. The highest BCUT2D eigenvalue weighted by molar-refractivity contribution is 7.10. The molecule has 0 aromatic carbocycles. The maximum atomic E-state index is 3.73. The van der Waals surface area contributed by atoms with E-state index < -0.39 is 0 Å². The molecule has 0 saturated heterocycles. The molecule has 0 unspecified atom stereocenters. The maximum absolute atomic E-state index is 3.73.